The second-order valence-electron chi connectivity index (χ2n) is 4.63. The minimum Gasteiger partial charge on any atom is -0.480 e. The molecule has 0 atom stereocenters. The molecule has 88 valence electrons. The summed E-state index contributed by atoms with van der Waals surface area (Å²) in [6, 6.07) is 3.72. The monoisotopic (exact) mass is 223 g/mol. The number of hydrogen-bond donors (Lipinski definition) is 2. The van der Waals surface area contributed by atoms with Gasteiger partial charge in [-0.15, -0.1) is 0 Å². The van der Waals surface area contributed by atoms with Crippen LogP contribution in [0.25, 0.3) is 0 Å². The zero-order valence-electron chi connectivity index (χ0n) is 9.40. The van der Waals surface area contributed by atoms with E-state index in [0.717, 1.165) is 18.6 Å². The van der Waals surface area contributed by atoms with Gasteiger partial charge in [-0.3, -0.25) is 4.79 Å². The molecule has 1 aliphatic carbocycles. The predicted octanol–water partition coefficient (Wildman–Crippen LogP) is 1.81. The first kappa shape index (κ1) is 11.2. The molecular weight excluding hydrogens is 206 g/mol. The Morgan fingerprint density at radius 2 is 2.12 bits per heavy atom. The maximum atomic E-state index is 11.5. The quantitative estimate of drug-likeness (QED) is 0.801. The van der Waals surface area contributed by atoms with Crippen molar-refractivity contribution in [2.24, 2.45) is 5.73 Å². The summed E-state index contributed by atoms with van der Waals surface area (Å²) in [5.74, 6) is 0.531. The Balaban J connectivity index is 2.33. The number of nitrogens with two attached hydrogens (primary N) is 1. The number of carboxylic acid groups (broad SMARTS) is 1. The van der Waals surface area contributed by atoms with Crippen molar-refractivity contribution < 1.29 is 14.3 Å². The fourth-order valence-electron chi connectivity index (χ4n) is 2.39. The minimum absolute atomic E-state index is 0.128. The number of furan rings is 1. The third-order valence-electron chi connectivity index (χ3n) is 3.51. The number of aryl methyl sites for hydroxylation is 1. The zero-order valence-corrected chi connectivity index (χ0v) is 9.40. The van der Waals surface area contributed by atoms with Crippen molar-refractivity contribution >= 4 is 5.97 Å². The van der Waals surface area contributed by atoms with Crippen LogP contribution in [0, 0.1) is 6.92 Å². The van der Waals surface area contributed by atoms with Crippen LogP contribution in [0.2, 0.25) is 0 Å². The third kappa shape index (κ3) is 1.73. The summed E-state index contributed by atoms with van der Waals surface area (Å²) in [4.78, 5) is 11.5. The first-order valence-electron chi connectivity index (χ1n) is 5.60. The molecule has 4 heteroatoms. The summed E-state index contributed by atoms with van der Waals surface area (Å²) in [7, 11) is 0. The van der Waals surface area contributed by atoms with E-state index in [1.54, 1.807) is 6.07 Å². The van der Waals surface area contributed by atoms with Gasteiger partial charge in [-0.1, -0.05) is 0 Å². The summed E-state index contributed by atoms with van der Waals surface area (Å²) in [5, 5.41) is 9.44. The number of hydrogen-bond acceptors (Lipinski definition) is 3. The fraction of sp³-hybridized carbons (Fsp3) is 0.583. The lowest BCUT2D eigenvalue weighted by Crippen LogP contribution is -2.42. The molecule has 16 heavy (non-hydrogen) atoms. The highest BCUT2D eigenvalue weighted by Gasteiger charge is 2.45. The van der Waals surface area contributed by atoms with Crippen LogP contribution in [0.5, 0.6) is 0 Å². The van der Waals surface area contributed by atoms with Crippen molar-refractivity contribution in [2.45, 2.75) is 44.1 Å². The van der Waals surface area contributed by atoms with E-state index < -0.39 is 11.4 Å². The number of rotatable bonds is 2. The van der Waals surface area contributed by atoms with Crippen molar-refractivity contribution in [2.75, 3.05) is 0 Å². The van der Waals surface area contributed by atoms with E-state index in [1.807, 2.05) is 13.0 Å². The largest absolute Gasteiger partial charge is 0.480 e. The normalized spacial score (nSPS) is 30.2. The first-order chi connectivity index (χ1) is 7.54. The third-order valence-corrected chi connectivity index (χ3v) is 3.51. The first-order valence-corrected chi connectivity index (χ1v) is 5.60. The summed E-state index contributed by atoms with van der Waals surface area (Å²) >= 11 is 0. The Hall–Kier alpha value is -1.29. The van der Waals surface area contributed by atoms with E-state index >= 15 is 0 Å². The molecule has 1 aromatic rings. The number of carbonyl (C=O) groups is 1. The molecule has 1 aromatic heterocycles. The van der Waals surface area contributed by atoms with E-state index in [-0.39, 0.29) is 6.04 Å². The van der Waals surface area contributed by atoms with E-state index in [0.29, 0.717) is 18.6 Å². The van der Waals surface area contributed by atoms with Crippen LogP contribution < -0.4 is 5.73 Å². The smallest absolute Gasteiger partial charge is 0.317 e. The molecule has 0 aliphatic heterocycles. The molecule has 2 rings (SSSR count). The van der Waals surface area contributed by atoms with Gasteiger partial charge in [0.25, 0.3) is 0 Å². The van der Waals surface area contributed by atoms with Gasteiger partial charge in [-0.05, 0) is 44.7 Å². The molecule has 1 aliphatic rings. The lowest BCUT2D eigenvalue weighted by molar-refractivity contribution is -0.146. The molecule has 0 saturated heterocycles. The van der Waals surface area contributed by atoms with E-state index in [1.165, 1.54) is 0 Å². The Morgan fingerprint density at radius 1 is 1.50 bits per heavy atom. The predicted molar refractivity (Wildman–Crippen MR) is 59.2 cm³/mol. The maximum Gasteiger partial charge on any atom is 0.317 e. The Morgan fingerprint density at radius 3 is 2.56 bits per heavy atom. The Kier molecular flexibility index (Phi) is 2.76. The van der Waals surface area contributed by atoms with Gasteiger partial charge in [0.2, 0.25) is 0 Å². The summed E-state index contributed by atoms with van der Waals surface area (Å²) < 4.78 is 5.50. The van der Waals surface area contributed by atoms with Crippen molar-refractivity contribution in [3.8, 4) is 0 Å². The van der Waals surface area contributed by atoms with Gasteiger partial charge in [0.15, 0.2) is 0 Å². The second-order valence-corrected chi connectivity index (χ2v) is 4.63. The van der Waals surface area contributed by atoms with Crippen LogP contribution in [0.1, 0.15) is 37.2 Å². The zero-order chi connectivity index (χ0) is 11.8. The average molecular weight is 223 g/mol. The van der Waals surface area contributed by atoms with Gasteiger partial charge in [-0.2, -0.15) is 0 Å². The molecule has 0 aromatic carbocycles. The van der Waals surface area contributed by atoms with E-state index in [9.17, 15) is 9.90 Å². The fourth-order valence-corrected chi connectivity index (χ4v) is 2.39. The summed E-state index contributed by atoms with van der Waals surface area (Å²) in [6.07, 6.45) is 2.62. The van der Waals surface area contributed by atoms with Crippen LogP contribution >= 0.6 is 0 Å². The Bertz CT molecular complexity index is 389. The standard InChI is InChI=1S/C12H17NO3/c1-8-2-3-10(16-8)12(11(14)15)6-4-9(13)5-7-12/h2-3,9H,4-7,13H2,1H3,(H,14,15). The maximum absolute atomic E-state index is 11.5. The molecular formula is C12H17NO3. The van der Waals surface area contributed by atoms with Gasteiger partial charge in [0.1, 0.15) is 16.9 Å². The van der Waals surface area contributed by atoms with Crippen molar-refractivity contribution in [1.29, 1.82) is 0 Å². The van der Waals surface area contributed by atoms with Crippen LogP contribution in [0.4, 0.5) is 0 Å². The van der Waals surface area contributed by atoms with Crippen molar-refractivity contribution in [1.82, 2.24) is 0 Å². The molecule has 0 spiro atoms. The molecule has 0 radical (unpaired) electrons. The highest BCUT2D eigenvalue weighted by atomic mass is 16.4. The molecule has 3 N–H and O–H groups in total. The van der Waals surface area contributed by atoms with Crippen LogP contribution in [0.3, 0.4) is 0 Å². The average Bonchev–Trinajstić information content (AvgIpc) is 2.66. The molecule has 0 unspecified atom stereocenters. The van der Waals surface area contributed by atoms with Gasteiger partial charge >= 0.3 is 5.97 Å². The topological polar surface area (TPSA) is 76.5 Å². The molecule has 0 bridgehead atoms. The number of aliphatic carboxylic acids is 1. The Labute approximate surface area is 94.4 Å². The van der Waals surface area contributed by atoms with E-state index in [2.05, 4.69) is 0 Å². The molecule has 4 nitrogen and oxygen atoms in total. The van der Waals surface area contributed by atoms with Gasteiger partial charge in [0, 0.05) is 6.04 Å². The SMILES string of the molecule is Cc1ccc(C2(C(=O)O)CCC(N)CC2)o1. The van der Waals surface area contributed by atoms with Crippen LogP contribution in [-0.2, 0) is 10.2 Å². The van der Waals surface area contributed by atoms with Crippen molar-refractivity contribution in [3.05, 3.63) is 23.7 Å². The molecule has 0 amide bonds. The molecule has 1 fully saturated rings. The van der Waals surface area contributed by atoms with Gasteiger partial charge in [-0.25, -0.2) is 0 Å². The molecule has 1 heterocycles. The second kappa shape index (κ2) is 3.94. The summed E-state index contributed by atoms with van der Waals surface area (Å²) in [5.41, 5.74) is 4.96. The highest BCUT2D eigenvalue weighted by molar-refractivity contribution is 5.80. The minimum atomic E-state index is -0.857. The van der Waals surface area contributed by atoms with Gasteiger partial charge < -0.3 is 15.3 Å². The lowest BCUT2D eigenvalue weighted by atomic mass is 9.71. The number of carboxylic acids is 1. The van der Waals surface area contributed by atoms with Crippen molar-refractivity contribution in [3.63, 3.8) is 0 Å². The van der Waals surface area contributed by atoms with Gasteiger partial charge in [0.05, 0.1) is 0 Å². The highest BCUT2D eigenvalue weighted by Crippen LogP contribution is 2.40. The summed E-state index contributed by atoms with van der Waals surface area (Å²) in [6.45, 7) is 1.83. The van der Waals surface area contributed by atoms with Crippen LogP contribution in [0.15, 0.2) is 16.5 Å². The van der Waals surface area contributed by atoms with E-state index in [4.69, 9.17) is 10.2 Å². The van der Waals surface area contributed by atoms with Crippen LogP contribution in [-0.4, -0.2) is 17.1 Å². The molecule has 1 saturated carbocycles. The lowest BCUT2D eigenvalue weighted by Gasteiger charge is -2.33.